The van der Waals surface area contributed by atoms with Crippen LogP contribution in [0.2, 0.25) is 0 Å². The fraction of sp³-hybridized carbons (Fsp3) is 0.333. The van der Waals surface area contributed by atoms with Crippen LogP contribution < -0.4 is 4.74 Å². The molecule has 0 unspecified atom stereocenters. The van der Waals surface area contributed by atoms with Gasteiger partial charge in [-0.05, 0) is 23.8 Å². The fourth-order valence-corrected chi connectivity index (χ4v) is 4.64. The molecule has 2 aromatic carbocycles. The van der Waals surface area contributed by atoms with Gasteiger partial charge in [0.2, 0.25) is 0 Å². The van der Waals surface area contributed by atoms with Crippen LogP contribution in [0.5, 0.6) is 5.75 Å². The molecule has 0 saturated carbocycles. The Morgan fingerprint density at radius 3 is 2.46 bits per heavy atom. The van der Waals surface area contributed by atoms with E-state index in [2.05, 4.69) is 29.2 Å². The molecule has 0 bridgehead atoms. The van der Waals surface area contributed by atoms with Gasteiger partial charge in [-0.2, -0.15) is 0 Å². The number of benzene rings is 2. The van der Waals surface area contributed by atoms with Crippen LogP contribution in [-0.2, 0) is 16.1 Å². The minimum Gasteiger partial charge on any atom is -0.497 e. The lowest BCUT2D eigenvalue weighted by atomic mass is 10.0. The molecule has 1 aliphatic rings. The van der Waals surface area contributed by atoms with Gasteiger partial charge in [0.25, 0.3) is 0 Å². The maximum absolute atomic E-state index is 12.5. The van der Waals surface area contributed by atoms with Gasteiger partial charge in [0.05, 0.1) is 13.5 Å². The van der Waals surface area contributed by atoms with Crippen LogP contribution in [0.1, 0.15) is 23.6 Å². The van der Waals surface area contributed by atoms with E-state index in [1.54, 1.807) is 19.4 Å². The first-order valence-corrected chi connectivity index (χ1v) is 11.8. The van der Waals surface area contributed by atoms with E-state index in [9.17, 15) is 14.7 Å². The number of fused-ring (bicyclic) bond motifs is 1. The quantitative estimate of drug-likeness (QED) is 0.461. The van der Waals surface area contributed by atoms with Crippen LogP contribution in [0, 0.1) is 0 Å². The van der Waals surface area contributed by atoms with Gasteiger partial charge in [-0.15, -0.1) is 0 Å². The summed E-state index contributed by atoms with van der Waals surface area (Å²) in [5.41, 5.74) is 2.62. The number of hydrogen-bond acceptors (Lipinski definition) is 5. The summed E-state index contributed by atoms with van der Waals surface area (Å²) in [6.45, 7) is 3.87. The Kier molecular flexibility index (Phi) is 7.84. The topological polar surface area (TPSA) is 95.2 Å². The normalized spacial score (nSPS) is 16.0. The summed E-state index contributed by atoms with van der Waals surface area (Å²) in [7, 11) is 1.57. The molecule has 2 heterocycles. The largest absolute Gasteiger partial charge is 0.497 e. The highest BCUT2D eigenvalue weighted by atomic mass is 16.5. The number of ether oxygens (including phenoxy) is 1. The number of carboxylic acid groups (broad SMARTS) is 2. The Morgan fingerprint density at radius 2 is 1.80 bits per heavy atom. The van der Waals surface area contributed by atoms with Crippen LogP contribution in [0.4, 0.5) is 0 Å². The first-order chi connectivity index (χ1) is 17.0. The van der Waals surface area contributed by atoms with Crippen LogP contribution in [0.25, 0.3) is 17.0 Å². The first-order valence-electron chi connectivity index (χ1n) is 11.8. The maximum atomic E-state index is 12.5. The average Bonchev–Trinajstić information content (AvgIpc) is 3.21. The summed E-state index contributed by atoms with van der Waals surface area (Å²) in [5.74, 6) is -1.18. The summed E-state index contributed by atoms with van der Waals surface area (Å²) in [4.78, 5) is 27.9. The molecule has 184 valence electrons. The average molecular weight is 478 g/mol. The van der Waals surface area contributed by atoms with Gasteiger partial charge >= 0.3 is 11.9 Å². The zero-order chi connectivity index (χ0) is 24.8. The van der Waals surface area contributed by atoms with Gasteiger partial charge < -0.3 is 19.5 Å². The van der Waals surface area contributed by atoms with Crippen molar-refractivity contribution in [3.05, 3.63) is 71.9 Å². The molecule has 0 spiro atoms. The van der Waals surface area contributed by atoms with Crippen molar-refractivity contribution in [3.8, 4) is 5.75 Å². The van der Waals surface area contributed by atoms with Crippen LogP contribution >= 0.6 is 0 Å². The molecule has 1 atom stereocenters. The number of rotatable bonds is 10. The van der Waals surface area contributed by atoms with E-state index >= 15 is 0 Å². The SMILES string of the molecule is COc1ccc2c(c1)c([C@@H](C(=O)O)N1CCN(CC=Cc3ccccc3)CC1)cn2CCC(=O)O. The van der Waals surface area contributed by atoms with Crippen molar-refractivity contribution in [2.75, 3.05) is 39.8 Å². The van der Waals surface area contributed by atoms with Crippen molar-refractivity contribution >= 4 is 28.9 Å². The Bertz CT molecular complexity index is 1200. The lowest BCUT2D eigenvalue weighted by Gasteiger charge is -2.37. The van der Waals surface area contributed by atoms with Crippen LogP contribution in [0.3, 0.4) is 0 Å². The highest BCUT2D eigenvalue weighted by Gasteiger charge is 2.32. The van der Waals surface area contributed by atoms with Crippen molar-refractivity contribution in [2.45, 2.75) is 19.0 Å². The Morgan fingerprint density at radius 1 is 1.06 bits per heavy atom. The number of carbonyl (C=O) groups is 2. The molecule has 1 fully saturated rings. The molecule has 8 heteroatoms. The van der Waals surface area contributed by atoms with Crippen molar-refractivity contribution in [2.24, 2.45) is 0 Å². The smallest absolute Gasteiger partial charge is 0.325 e. The molecular weight excluding hydrogens is 446 g/mol. The van der Waals surface area contributed by atoms with E-state index in [4.69, 9.17) is 9.84 Å². The van der Waals surface area contributed by atoms with Crippen molar-refractivity contribution in [3.63, 3.8) is 0 Å². The predicted molar refractivity (Wildman–Crippen MR) is 135 cm³/mol. The Hall–Kier alpha value is -3.62. The molecular formula is C27H31N3O5. The second-order valence-corrected chi connectivity index (χ2v) is 8.70. The van der Waals surface area contributed by atoms with E-state index in [0.717, 1.165) is 36.1 Å². The summed E-state index contributed by atoms with van der Waals surface area (Å²) in [5, 5.41) is 20.1. The summed E-state index contributed by atoms with van der Waals surface area (Å²) >= 11 is 0. The molecule has 0 amide bonds. The highest BCUT2D eigenvalue weighted by molar-refractivity contribution is 5.90. The Balaban J connectivity index is 1.51. The fourth-order valence-electron chi connectivity index (χ4n) is 4.64. The second-order valence-electron chi connectivity index (χ2n) is 8.70. The van der Waals surface area contributed by atoms with E-state index in [-0.39, 0.29) is 13.0 Å². The predicted octanol–water partition coefficient (Wildman–Crippen LogP) is 3.58. The van der Waals surface area contributed by atoms with E-state index in [0.29, 0.717) is 24.4 Å². The molecule has 4 rings (SSSR count). The molecule has 0 aliphatic carbocycles. The third-order valence-electron chi connectivity index (χ3n) is 6.46. The number of aryl methyl sites for hydroxylation is 1. The zero-order valence-electron chi connectivity index (χ0n) is 19.8. The van der Waals surface area contributed by atoms with Crippen molar-refractivity contribution in [1.82, 2.24) is 14.4 Å². The van der Waals surface area contributed by atoms with E-state index in [1.165, 1.54) is 0 Å². The van der Waals surface area contributed by atoms with E-state index < -0.39 is 18.0 Å². The summed E-state index contributed by atoms with van der Waals surface area (Å²) in [6, 6.07) is 14.8. The highest BCUT2D eigenvalue weighted by Crippen LogP contribution is 2.33. The first kappa shape index (κ1) is 24.5. The Labute approximate surface area is 204 Å². The molecule has 1 aromatic heterocycles. The molecule has 8 nitrogen and oxygen atoms in total. The zero-order valence-corrected chi connectivity index (χ0v) is 19.8. The number of aliphatic carboxylic acids is 2. The van der Waals surface area contributed by atoms with Crippen molar-refractivity contribution in [1.29, 1.82) is 0 Å². The van der Waals surface area contributed by atoms with Gasteiger partial charge in [0.1, 0.15) is 11.8 Å². The monoisotopic (exact) mass is 477 g/mol. The number of piperazine rings is 1. The van der Waals surface area contributed by atoms with Gasteiger partial charge in [-0.25, -0.2) is 0 Å². The van der Waals surface area contributed by atoms with Gasteiger partial charge in [-0.1, -0.05) is 42.5 Å². The molecule has 3 aromatic rings. The standard InChI is InChI=1S/C27H31N3O5/c1-35-21-9-10-24-22(18-21)23(19-30(24)13-11-25(31)32)26(27(33)34)29-16-14-28(15-17-29)12-5-8-20-6-3-2-4-7-20/h2-10,18-19,26H,11-17H2,1H3,(H,31,32)(H,33,34)/t26-/m0/s1. The number of methoxy groups -OCH3 is 1. The van der Waals surface area contributed by atoms with Crippen molar-refractivity contribution < 1.29 is 24.5 Å². The second kappa shape index (κ2) is 11.2. The number of aromatic nitrogens is 1. The van der Waals surface area contributed by atoms with E-state index in [1.807, 2.05) is 39.8 Å². The molecule has 0 radical (unpaired) electrons. The lowest BCUT2D eigenvalue weighted by Crippen LogP contribution is -2.49. The van der Waals surface area contributed by atoms with Gasteiger partial charge in [0.15, 0.2) is 0 Å². The third-order valence-corrected chi connectivity index (χ3v) is 6.46. The molecule has 1 aliphatic heterocycles. The maximum Gasteiger partial charge on any atom is 0.325 e. The summed E-state index contributed by atoms with van der Waals surface area (Å²) in [6.07, 6.45) is 6.00. The minimum atomic E-state index is -0.914. The van der Waals surface area contributed by atoms with Crippen LogP contribution in [0.15, 0.2) is 60.8 Å². The third kappa shape index (κ3) is 5.90. The number of nitrogens with zero attached hydrogens (tertiary/aromatic N) is 3. The minimum absolute atomic E-state index is 0.0395. The lowest BCUT2D eigenvalue weighted by molar-refractivity contribution is -0.144. The molecule has 2 N–H and O–H groups in total. The number of carboxylic acids is 2. The molecule has 35 heavy (non-hydrogen) atoms. The van der Waals surface area contributed by atoms with Gasteiger partial charge in [0, 0.05) is 61.9 Å². The van der Waals surface area contributed by atoms with Crippen LogP contribution in [-0.4, -0.2) is 76.4 Å². The summed E-state index contributed by atoms with van der Waals surface area (Å²) < 4.78 is 7.21. The number of hydrogen-bond donors (Lipinski definition) is 2. The van der Waals surface area contributed by atoms with Gasteiger partial charge in [-0.3, -0.25) is 19.4 Å². The molecule has 1 saturated heterocycles.